The minimum absolute atomic E-state index is 0.337. The second-order valence-corrected chi connectivity index (χ2v) is 7.71. The van der Waals surface area contributed by atoms with Crippen molar-refractivity contribution in [1.29, 1.82) is 0 Å². The van der Waals surface area contributed by atoms with Crippen molar-refractivity contribution in [3.05, 3.63) is 0 Å². The van der Waals surface area contributed by atoms with Gasteiger partial charge in [-0.25, -0.2) is 4.79 Å². The number of carboxylic acids is 1. The van der Waals surface area contributed by atoms with Gasteiger partial charge in [-0.3, -0.25) is 0 Å². The van der Waals surface area contributed by atoms with E-state index in [9.17, 15) is 4.79 Å². The lowest BCUT2D eigenvalue weighted by Gasteiger charge is -2.19. The van der Waals surface area contributed by atoms with E-state index in [1.165, 1.54) is 0 Å². The number of aliphatic carboxylic acids is 1. The summed E-state index contributed by atoms with van der Waals surface area (Å²) >= 11 is 0. The molecule has 0 bridgehead atoms. The molecule has 0 rings (SSSR count). The molecule has 0 aliphatic carbocycles. The molecule has 0 aromatic carbocycles. The monoisotopic (exact) mass is 245 g/mol. The molecule has 0 aliphatic heterocycles. The average Bonchev–Trinajstić information content (AvgIpc) is 2.07. The van der Waals surface area contributed by atoms with Crippen LogP contribution in [0.15, 0.2) is 0 Å². The van der Waals surface area contributed by atoms with Crippen molar-refractivity contribution >= 4 is 15.0 Å². The summed E-state index contributed by atoms with van der Waals surface area (Å²) in [6, 6.07) is 0. The van der Waals surface area contributed by atoms with Gasteiger partial charge in [-0.05, 0) is 31.4 Å². The van der Waals surface area contributed by atoms with Gasteiger partial charge in [-0.2, -0.15) is 0 Å². The Morgan fingerprint density at radius 3 is 2.25 bits per heavy atom. The van der Waals surface area contributed by atoms with E-state index >= 15 is 0 Å². The van der Waals surface area contributed by atoms with E-state index in [4.69, 9.17) is 9.53 Å². The molecule has 0 aromatic rings. The average molecular weight is 245 g/mol. The summed E-state index contributed by atoms with van der Waals surface area (Å²) in [7, 11) is -0.923. The van der Waals surface area contributed by atoms with Gasteiger partial charge in [0.15, 0.2) is 0 Å². The summed E-state index contributed by atoms with van der Waals surface area (Å²) in [5.41, 5.74) is 0.337. The van der Waals surface area contributed by atoms with Gasteiger partial charge < -0.3 is 9.53 Å². The molecule has 4 heteroatoms. The first kappa shape index (κ1) is 15.6. The molecule has 1 N–H and O–H groups in total. The van der Waals surface area contributed by atoms with Crippen molar-refractivity contribution < 1.29 is 14.3 Å². The van der Waals surface area contributed by atoms with Gasteiger partial charge in [-0.1, -0.05) is 33.6 Å². The molecule has 0 amide bonds. The molecule has 16 heavy (non-hydrogen) atoms. The Morgan fingerprint density at radius 2 is 1.88 bits per heavy atom. The highest BCUT2D eigenvalue weighted by Crippen LogP contribution is 2.22. The molecule has 0 spiro atoms. The highest BCUT2D eigenvalue weighted by atomic mass is 28.3. The Hall–Kier alpha value is -0.353. The topological polar surface area (TPSA) is 46.5 Å². The molecule has 0 saturated carbocycles. The first-order valence-corrected chi connectivity index (χ1v) is 8.33. The number of hydrogen-bond donors (Lipinski definition) is 1. The van der Waals surface area contributed by atoms with Crippen LogP contribution in [0.5, 0.6) is 0 Å². The van der Waals surface area contributed by atoms with Crippen LogP contribution >= 0.6 is 0 Å². The van der Waals surface area contributed by atoms with E-state index in [2.05, 4.69) is 20.8 Å². The normalized spacial score (nSPS) is 14.1. The number of unbranched alkanes of at least 4 members (excludes halogenated alkanes) is 1. The van der Waals surface area contributed by atoms with Gasteiger partial charge in [0, 0.05) is 0 Å². The lowest BCUT2D eigenvalue weighted by atomic mass is 9.89. The number of carbonyl (C=O) groups is 1. The van der Waals surface area contributed by atoms with Gasteiger partial charge >= 0.3 is 5.97 Å². The van der Waals surface area contributed by atoms with E-state index in [1.807, 2.05) is 13.1 Å². The maximum Gasteiger partial charge on any atom is 0.331 e. The quantitative estimate of drug-likeness (QED) is 0.553. The Bertz CT molecular complexity index is 209. The summed E-state index contributed by atoms with van der Waals surface area (Å²) in [5.74, 6) is -0.818. The molecule has 95 valence electrons. The Kier molecular flexibility index (Phi) is 6.91. The van der Waals surface area contributed by atoms with E-state index in [-0.39, 0.29) is 0 Å². The molecule has 1 radical (unpaired) electrons. The fourth-order valence-corrected chi connectivity index (χ4v) is 2.29. The molecule has 0 aliphatic rings. The molecular weight excluding hydrogens is 220 g/mol. The first-order valence-electron chi connectivity index (χ1n) is 5.92. The maximum absolute atomic E-state index is 10.9. The SMILES string of the molecule is C[Si](C)OC(CCCCC(C)(C)C)C(=O)O. The zero-order chi connectivity index (χ0) is 12.8. The van der Waals surface area contributed by atoms with Crippen LogP contribution in [-0.4, -0.2) is 26.2 Å². The smallest absolute Gasteiger partial charge is 0.331 e. The van der Waals surface area contributed by atoms with Gasteiger partial charge in [0.25, 0.3) is 0 Å². The molecule has 3 nitrogen and oxygen atoms in total. The lowest BCUT2D eigenvalue weighted by Crippen LogP contribution is -2.28. The summed E-state index contributed by atoms with van der Waals surface area (Å²) < 4.78 is 5.45. The number of carboxylic acid groups (broad SMARTS) is 1. The van der Waals surface area contributed by atoms with Gasteiger partial charge in [0.05, 0.1) is 0 Å². The van der Waals surface area contributed by atoms with Gasteiger partial charge in [0.1, 0.15) is 6.10 Å². The zero-order valence-corrected chi connectivity index (χ0v) is 12.2. The number of hydrogen-bond acceptors (Lipinski definition) is 2. The molecule has 0 saturated heterocycles. The van der Waals surface area contributed by atoms with Crippen molar-refractivity contribution in [3.63, 3.8) is 0 Å². The predicted octanol–water partition coefficient (Wildman–Crippen LogP) is 3.31. The molecular formula is C12H25O3Si. The van der Waals surface area contributed by atoms with E-state index in [0.29, 0.717) is 11.8 Å². The molecule has 0 fully saturated rings. The third kappa shape index (κ3) is 8.92. The van der Waals surface area contributed by atoms with E-state index in [0.717, 1.165) is 19.3 Å². The van der Waals surface area contributed by atoms with Crippen molar-refractivity contribution in [2.45, 2.75) is 65.7 Å². The predicted molar refractivity (Wildman–Crippen MR) is 67.9 cm³/mol. The molecule has 1 unspecified atom stereocenters. The summed E-state index contributed by atoms with van der Waals surface area (Å²) in [4.78, 5) is 10.9. The second-order valence-electron chi connectivity index (χ2n) is 5.66. The zero-order valence-electron chi connectivity index (χ0n) is 11.2. The Labute approximate surface area is 101 Å². The van der Waals surface area contributed by atoms with Crippen LogP contribution in [0.4, 0.5) is 0 Å². The second kappa shape index (κ2) is 7.07. The van der Waals surface area contributed by atoms with Crippen molar-refractivity contribution in [3.8, 4) is 0 Å². The highest BCUT2D eigenvalue weighted by Gasteiger charge is 2.19. The maximum atomic E-state index is 10.9. The third-order valence-corrected chi connectivity index (χ3v) is 3.05. The van der Waals surface area contributed by atoms with Crippen molar-refractivity contribution in [1.82, 2.24) is 0 Å². The van der Waals surface area contributed by atoms with Crippen LogP contribution in [0.1, 0.15) is 46.5 Å². The van der Waals surface area contributed by atoms with Crippen LogP contribution in [0.2, 0.25) is 13.1 Å². The standard InChI is InChI=1S/C12H25O3Si/c1-12(2,3)9-7-6-8-10(11(13)14)15-16(4)5/h10H,6-9H2,1-5H3,(H,13,14). The van der Waals surface area contributed by atoms with E-state index < -0.39 is 21.1 Å². The van der Waals surface area contributed by atoms with E-state index in [1.54, 1.807) is 0 Å². The van der Waals surface area contributed by atoms with Crippen LogP contribution < -0.4 is 0 Å². The fraction of sp³-hybridized carbons (Fsp3) is 0.917. The lowest BCUT2D eigenvalue weighted by molar-refractivity contribution is -0.145. The summed E-state index contributed by atoms with van der Waals surface area (Å²) in [5, 5.41) is 8.97. The van der Waals surface area contributed by atoms with Crippen molar-refractivity contribution in [2.24, 2.45) is 5.41 Å². The Morgan fingerprint density at radius 1 is 1.31 bits per heavy atom. The summed E-state index contributed by atoms with van der Waals surface area (Å²) in [6.45, 7) is 10.6. The van der Waals surface area contributed by atoms with Crippen LogP contribution in [0.25, 0.3) is 0 Å². The first-order chi connectivity index (χ1) is 7.22. The van der Waals surface area contributed by atoms with Gasteiger partial charge in [-0.15, -0.1) is 0 Å². The van der Waals surface area contributed by atoms with Crippen LogP contribution in [-0.2, 0) is 9.22 Å². The van der Waals surface area contributed by atoms with Crippen LogP contribution in [0, 0.1) is 5.41 Å². The minimum atomic E-state index is -0.923. The van der Waals surface area contributed by atoms with Crippen molar-refractivity contribution in [2.75, 3.05) is 0 Å². The fourth-order valence-electron chi connectivity index (χ4n) is 1.50. The number of rotatable bonds is 7. The summed E-state index contributed by atoms with van der Waals surface area (Å²) in [6.07, 6.45) is 3.19. The Balaban J connectivity index is 3.82. The minimum Gasteiger partial charge on any atom is -0.479 e. The van der Waals surface area contributed by atoms with Gasteiger partial charge in [0.2, 0.25) is 9.04 Å². The van der Waals surface area contributed by atoms with Crippen LogP contribution in [0.3, 0.4) is 0 Å². The molecule has 1 atom stereocenters. The molecule has 0 heterocycles. The highest BCUT2D eigenvalue weighted by molar-refractivity contribution is 6.48. The third-order valence-electron chi connectivity index (χ3n) is 2.30. The largest absolute Gasteiger partial charge is 0.479 e. The molecule has 0 aromatic heterocycles.